The number of rotatable bonds is 3. The second-order valence-corrected chi connectivity index (χ2v) is 6.72. The third-order valence-corrected chi connectivity index (χ3v) is 4.61. The van der Waals surface area contributed by atoms with E-state index in [-0.39, 0.29) is 42.3 Å². The molecule has 3 rings (SSSR count). The molecule has 0 aromatic heterocycles. The first-order chi connectivity index (χ1) is 14.4. The monoisotopic (exact) mass is 542 g/mol. The Hall–Kier alpha value is -2.74. The van der Waals surface area contributed by atoms with Crippen LogP contribution in [0, 0.1) is 11.8 Å². The number of nitrogens with one attached hydrogen (secondary N) is 3. The molecule has 5 nitrogen and oxygen atoms in total. The fourth-order valence-corrected chi connectivity index (χ4v) is 3.17. The van der Waals surface area contributed by atoms with Crippen molar-refractivity contribution in [3.63, 3.8) is 0 Å². The van der Waals surface area contributed by atoms with Crippen LogP contribution in [0.4, 0.5) is 18.9 Å². The number of guanidine groups is 1. The first-order valence-electron chi connectivity index (χ1n) is 9.36. The van der Waals surface area contributed by atoms with E-state index in [0.717, 1.165) is 23.4 Å². The van der Waals surface area contributed by atoms with Crippen molar-refractivity contribution in [1.29, 1.82) is 0 Å². The number of hydrogen-bond acceptors (Lipinski definition) is 2. The number of carbonyl (C=O) groups excluding carboxylic acids is 1. The summed E-state index contributed by atoms with van der Waals surface area (Å²) in [7, 11) is 1.61. The number of para-hydroxylation sites is 1. The van der Waals surface area contributed by atoms with Gasteiger partial charge in [-0.3, -0.25) is 9.79 Å². The Labute approximate surface area is 195 Å². The molecule has 1 heterocycles. The zero-order chi connectivity index (χ0) is 21.6. The molecule has 0 spiro atoms. The molecule has 3 N–H and O–H groups in total. The SMILES string of the molecule is CN=C(NCC#Cc1cccc(C(F)(F)F)c1)NCC1CC(=O)Nc2ccccc21.I. The Bertz CT molecular complexity index is 1010. The van der Waals surface area contributed by atoms with Gasteiger partial charge in [0.15, 0.2) is 5.96 Å². The smallest absolute Gasteiger partial charge is 0.356 e. The molecule has 1 unspecified atom stereocenters. The minimum atomic E-state index is -4.39. The van der Waals surface area contributed by atoms with Crippen LogP contribution in [0.25, 0.3) is 0 Å². The highest BCUT2D eigenvalue weighted by Crippen LogP contribution is 2.31. The predicted molar refractivity (Wildman–Crippen MR) is 126 cm³/mol. The molecule has 0 aliphatic carbocycles. The van der Waals surface area contributed by atoms with E-state index in [2.05, 4.69) is 32.8 Å². The topological polar surface area (TPSA) is 65.5 Å². The van der Waals surface area contributed by atoms with E-state index in [0.29, 0.717) is 24.5 Å². The molecule has 1 atom stereocenters. The van der Waals surface area contributed by atoms with Gasteiger partial charge >= 0.3 is 6.18 Å². The van der Waals surface area contributed by atoms with E-state index < -0.39 is 11.7 Å². The molecule has 1 aliphatic rings. The van der Waals surface area contributed by atoms with E-state index in [9.17, 15) is 18.0 Å². The molecule has 2 aromatic carbocycles. The molecule has 0 fully saturated rings. The maximum absolute atomic E-state index is 12.8. The van der Waals surface area contributed by atoms with Gasteiger partial charge < -0.3 is 16.0 Å². The van der Waals surface area contributed by atoms with Crippen LogP contribution in [-0.4, -0.2) is 32.0 Å². The number of halogens is 4. The summed E-state index contributed by atoms with van der Waals surface area (Å²) in [5.74, 6) is 5.97. The molecule has 0 radical (unpaired) electrons. The molecule has 0 bridgehead atoms. The second-order valence-electron chi connectivity index (χ2n) is 6.72. The van der Waals surface area contributed by atoms with Crippen LogP contribution < -0.4 is 16.0 Å². The van der Waals surface area contributed by atoms with Crippen molar-refractivity contribution in [2.24, 2.45) is 4.99 Å². The van der Waals surface area contributed by atoms with Gasteiger partial charge in [0.25, 0.3) is 0 Å². The third-order valence-electron chi connectivity index (χ3n) is 4.61. The Morgan fingerprint density at radius 3 is 2.71 bits per heavy atom. The number of nitrogens with zero attached hydrogens (tertiary/aromatic N) is 1. The van der Waals surface area contributed by atoms with E-state index in [1.165, 1.54) is 12.1 Å². The number of amides is 1. The highest BCUT2D eigenvalue weighted by Gasteiger charge is 2.30. The van der Waals surface area contributed by atoms with Gasteiger partial charge in [0.1, 0.15) is 0 Å². The molecule has 31 heavy (non-hydrogen) atoms. The number of carbonyl (C=O) groups is 1. The lowest BCUT2D eigenvalue weighted by molar-refractivity contribution is -0.137. The molecule has 9 heteroatoms. The lowest BCUT2D eigenvalue weighted by atomic mass is 9.90. The van der Waals surface area contributed by atoms with Crippen LogP contribution in [0.5, 0.6) is 0 Å². The zero-order valence-corrected chi connectivity index (χ0v) is 19.0. The molecule has 164 valence electrons. The summed E-state index contributed by atoms with van der Waals surface area (Å²) in [6.07, 6.45) is -4.02. The van der Waals surface area contributed by atoms with Crippen molar-refractivity contribution in [1.82, 2.24) is 10.6 Å². The van der Waals surface area contributed by atoms with Crippen molar-refractivity contribution in [3.05, 3.63) is 65.2 Å². The minimum Gasteiger partial charge on any atom is -0.356 e. The molecule has 1 aliphatic heterocycles. The molecule has 1 amide bonds. The summed E-state index contributed by atoms with van der Waals surface area (Å²) in [5.41, 5.74) is 1.44. The van der Waals surface area contributed by atoms with Gasteiger partial charge in [0, 0.05) is 37.2 Å². The standard InChI is InChI=1S/C22H21F3N4O.HI/c1-26-21(27-11-5-7-15-6-4-8-17(12-15)22(23,24)25)28-14-16-13-20(30)29-19-10-3-2-9-18(16)19;/h2-4,6,8-10,12,16H,11,13-14H2,1H3,(H,29,30)(H2,26,27,28);1H. The van der Waals surface area contributed by atoms with Crippen molar-refractivity contribution in [3.8, 4) is 11.8 Å². The summed E-state index contributed by atoms with van der Waals surface area (Å²) < 4.78 is 38.3. The van der Waals surface area contributed by atoms with Crippen molar-refractivity contribution < 1.29 is 18.0 Å². The number of aliphatic imine (C=N–C) groups is 1. The number of hydrogen-bond donors (Lipinski definition) is 3. The average Bonchev–Trinajstić information content (AvgIpc) is 2.72. The van der Waals surface area contributed by atoms with Crippen molar-refractivity contribution in [2.45, 2.75) is 18.5 Å². The molecular formula is C22H22F3IN4O. The van der Waals surface area contributed by atoms with Gasteiger partial charge in [-0.2, -0.15) is 13.2 Å². The normalized spacial score (nSPS) is 15.5. The van der Waals surface area contributed by atoms with Crippen molar-refractivity contribution >= 4 is 41.5 Å². The van der Waals surface area contributed by atoms with Crippen LogP contribution in [0.3, 0.4) is 0 Å². The van der Waals surface area contributed by atoms with Crippen LogP contribution in [-0.2, 0) is 11.0 Å². The number of fused-ring (bicyclic) bond motifs is 1. The van der Waals surface area contributed by atoms with Crippen molar-refractivity contribution in [2.75, 3.05) is 25.5 Å². The molecule has 2 aromatic rings. The second kappa shape index (κ2) is 11.0. The summed E-state index contributed by atoms with van der Waals surface area (Å²) in [5, 5.41) is 9.03. The Kier molecular flexibility index (Phi) is 8.74. The maximum atomic E-state index is 12.8. The largest absolute Gasteiger partial charge is 0.416 e. The zero-order valence-electron chi connectivity index (χ0n) is 16.7. The quantitative estimate of drug-likeness (QED) is 0.238. The van der Waals surface area contributed by atoms with Gasteiger partial charge in [-0.05, 0) is 29.8 Å². The highest BCUT2D eigenvalue weighted by atomic mass is 127. The van der Waals surface area contributed by atoms with Crippen LogP contribution in [0.2, 0.25) is 0 Å². The first-order valence-corrected chi connectivity index (χ1v) is 9.36. The highest BCUT2D eigenvalue weighted by molar-refractivity contribution is 14.0. The van der Waals surface area contributed by atoms with E-state index in [1.54, 1.807) is 7.05 Å². The predicted octanol–water partition coefficient (Wildman–Crippen LogP) is 3.97. The van der Waals surface area contributed by atoms with Gasteiger partial charge in [0.2, 0.25) is 5.91 Å². The third kappa shape index (κ3) is 6.89. The fraction of sp³-hybridized carbons (Fsp3) is 0.273. The number of benzene rings is 2. The Balaban J connectivity index is 0.00000341. The molecule has 0 saturated carbocycles. The summed E-state index contributed by atoms with van der Waals surface area (Å²) in [4.78, 5) is 16.0. The van der Waals surface area contributed by atoms with Gasteiger partial charge in [0.05, 0.1) is 12.1 Å². The molecule has 0 saturated heterocycles. The maximum Gasteiger partial charge on any atom is 0.416 e. The fourth-order valence-electron chi connectivity index (χ4n) is 3.17. The lowest BCUT2D eigenvalue weighted by Gasteiger charge is -2.26. The van der Waals surface area contributed by atoms with Gasteiger partial charge in [-0.25, -0.2) is 0 Å². The minimum absolute atomic E-state index is 0. The van der Waals surface area contributed by atoms with Crippen LogP contribution in [0.1, 0.15) is 29.0 Å². The van der Waals surface area contributed by atoms with E-state index >= 15 is 0 Å². The average molecular weight is 542 g/mol. The summed E-state index contributed by atoms with van der Waals surface area (Å²) >= 11 is 0. The van der Waals surface area contributed by atoms with E-state index in [4.69, 9.17) is 0 Å². The Morgan fingerprint density at radius 1 is 1.19 bits per heavy atom. The van der Waals surface area contributed by atoms with Crippen LogP contribution >= 0.6 is 24.0 Å². The molecular weight excluding hydrogens is 520 g/mol. The number of anilines is 1. The van der Waals surface area contributed by atoms with Gasteiger partial charge in [-0.1, -0.05) is 36.1 Å². The summed E-state index contributed by atoms with van der Waals surface area (Å²) in [6.45, 7) is 0.711. The van der Waals surface area contributed by atoms with Crippen LogP contribution in [0.15, 0.2) is 53.5 Å². The summed E-state index contributed by atoms with van der Waals surface area (Å²) in [6, 6.07) is 12.6. The lowest BCUT2D eigenvalue weighted by Crippen LogP contribution is -2.40. The number of alkyl halides is 3. The Morgan fingerprint density at radius 2 is 1.97 bits per heavy atom. The first kappa shape index (κ1) is 24.5. The van der Waals surface area contributed by atoms with E-state index in [1.807, 2.05) is 24.3 Å². The van der Waals surface area contributed by atoms with Gasteiger partial charge in [-0.15, -0.1) is 24.0 Å².